The highest BCUT2D eigenvalue weighted by Crippen LogP contribution is 2.16. The molecule has 0 radical (unpaired) electrons. The minimum atomic E-state index is 0. The standard InChI is InChI=1S/C22H35N7O.HI/c1-4-23-22(27-20-8-10-29(11-9-20)12-13-30-17(2)3)24-15-18-6-5-7-19(14-18)21-25-16-26-28-21;/h5-7,14,16-17,20H,4,8-13,15H2,1-3H3,(H2,23,24,27)(H,25,26,28);1H. The number of halogens is 1. The number of hydrogen-bond acceptors (Lipinski definition) is 5. The molecule has 3 N–H and O–H groups in total. The van der Waals surface area contributed by atoms with Crippen LogP contribution in [0.1, 0.15) is 39.2 Å². The molecule has 0 amide bonds. The zero-order valence-corrected chi connectivity index (χ0v) is 21.1. The average Bonchev–Trinajstić information content (AvgIpc) is 3.28. The number of aromatic nitrogens is 3. The Kier molecular flexibility index (Phi) is 11.2. The molecule has 1 aliphatic rings. The summed E-state index contributed by atoms with van der Waals surface area (Å²) in [6.45, 7) is 11.7. The quantitative estimate of drug-likeness (QED) is 0.257. The first-order chi connectivity index (χ1) is 14.6. The molecule has 172 valence electrons. The third-order valence-electron chi connectivity index (χ3n) is 5.17. The van der Waals surface area contributed by atoms with Crippen LogP contribution in [0.5, 0.6) is 0 Å². The van der Waals surface area contributed by atoms with Gasteiger partial charge in [0.05, 0.1) is 19.3 Å². The predicted molar refractivity (Wildman–Crippen MR) is 136 cm³/mol. The number of benzene rings is 1. The second-order valence-corrected chi connectivity index (χ2v) is 7.91. The van der Waals surface area contributed by atoms with Crippen molar-refractivity contribution in [3.05, 3.63) is 36.2 Å². The topological polar surface area (TPSA) is 90.5 Å². The lowest BCUT2D eigenvalue weighted by Crippen LogP contribution is -2.49. The summed E-state index contributed by atoms with van der Waals surface area (Å²) < 4.78 is 5.68. The van der Waals surface area contributed by atoms with E-state index in [2.05, 4.69) is 63.6 Å². The van der Waals surface area contributed by atoms with Gasteiger partial charge in [0.2, 0.25) is 0 Å². The van der Waals surface area contributed by atoms with Crippen LogP contribution in [-0.4, -0.2) is 71.0 Å². The molecule has 0 unspecified atom stereocenters. The van der Waals surface area contributed by atoms with Gasteiger partial charge in [-0.2, -0.15) is 5.10 Å². The number of nitrogens with zero attached hydrogens (tertiary/aromatic N) is 4. The van der Waals surface area contributed by atoms with E-state index in [-0.39, 0.29) is 24.0 Å². The van der Waals surface area contributed by atoms with Gasteiger partial charge >= 0.3 is 0 Å². The number of piperidine rings is 1. The van der Waals surface area contributed by atoms with Crippen LogP contribution in [0.4, 0.5) is 0 Å². The summed E-state index contributed by atoms with van der Waals surface area (Å²) in [5, 5.41) is 13.8. The summed E-state index contributed by atoms with van der Waals surface area (Å²) in [6, 6.07) is 8.69. The first kappa shape index (κ1) is 25.5. The van der Waals surface area contributed by atoms with Crippen LogP contribution in [-0.2, 0) is 11.3 Å². The zero-order valence-electron chi connectivity index (χ0n) is 18.8. The maximum Gasteiger partial charge on any atom is 0.191 e. The minimum absolute atomic E-state index is 0. The highest BCUT2D eigenvalue weighted by atomic mass is 127. The van der Waals surface area contributed by atoms with Crippen molar-refractivity contribution in [3.8, 4) is 11.4 Å². The van der Waals surface area contributed by atoms with Crippen LogP contribution < -0.4 is 10.6 Å². The van der Waals surface area contributed by atoms with Gasteiger partial charge in [0.15, 0.2) is 11.8 Å². The average molecular weight is 541 g/mol. The number of rotatable bonds is 9. The number of guanidine groups is 1. The van der Waals surface area contributed by atoms with E-state index in [9.17, 15) is 0 Å². The molecule has 1 saturated heterocycles. The maximum absolute atomic E-state index is 5.68. The molecule has 8 nitrogen and oxygen atoms in total. The monoisotopic (exact) mass is 541 g/mol. The molecular formula is C22H36IN7O. The fourth-order valence-electron chi connectivity index (χ4n) is 3.56. The van der Waals surface area contributed by atoms with E-state index in [1.54, 1.807) is 0 Å². The maximum atomic E-state index is 5.68. The number of hydrogen-bond donors (Lipinski definition) is 3. The summed E-state index contributed by atoms with van der Waals surface area (Å²) in [4.78, 5) is 11.5. The number of aliphatic imine (C=N–C) groups is 1. The Morgan fingerprint density at radius 2 is 2.13 bits per heavy atom. The molecular weight excluding hydrogens is 505 g/mol. The van der Waals surface area contributed by atoms with E-state index in [1.807, 2.05) is 12.1 Å². The van der Waals surface area contributed by atoms with Gasteiger partial charge in [-0.15, -0.1) is 24.0 Å². The van der Waals surface area contributed by atoms with E-state index < -0.39 is 0 Å². The molecule has 0 atom stereocenters. The van der Waals surface area contributed by atoms with Crippen molar-refractivity contribution in [2.75, 3.05) is 32.8 Å². The third kappa shape index (κ3) is 8.74. The van der Waals surface area contributed by atoms with Gasteiger partial charge in [-0.25, -0.2) is 9.98 Å². The lowest BCUT2D eigenvalue weighted by Gasteiger charge is -2.33. The number of ether oxygens (including phenoxy) is 1. The Morgan fingerprint density at radius 3 is 2.81 bits per heavy atom. The molecule has 0 aliphatic carbocycles. The number of likely N-dealkylation sites (tertiary alicyclic amines) is 1. The van der Waals surface area contributed by atoms with E-state index in [0.29, 0.717) is 18.7 Å². The molecule has 2 aromatic rings. The van der Waals surface area contributed by atoms with Gasteiger partial charge in [-0.3, -0.25) is 5.10 Å². The van der Waals surface area contributed by atoms with E-state index in [0.717, 1.165) is 68.5 Å². The molecule has 9 heteroatoms. The summed E-state index contributed by atoms with van der Waals surface area (Å²) in [7, 11) is 0. The minimum Gasteiger partial charge on any atom is -0.377 e. The Balaban J connectivity index is 0.00000341. The molecule has 0 spiro atoms. The Labute approximate surface area is 202 Å². The molecule has 3 rings (SSSR count). The SMILES string of the molecule is CCNC(=NCc1cccc(-c2ncn[nH]2)c1)NC1CCN(CCOC(C)C)CC1.I. The lowest BCUT2D eigenvalue weighted by atomic mass is 10.1. The van der Waals surface area contributed by atoms with E-state index in [4.69, 9.17) is 9.73 Å². The van der Waals surface area contributed by atoms with Crippen LogP contribution >= 0.6 is 24.0 Å². The first-order valence-electron chi connectivity index (χ1n) is 11.0. The van der Waals surface area contributed by atoms with Gasteiger partial charge in [0.1, 0.15) is 6.33 Å². The molecule has 0 bridgehead atoms. The highest BCUT2D eigenvalue weighted by Gasteiger charge is 2.19. The van der Waals surface area contributed by atoms with Crippen molar-refractivity contribution in [3.63, 3.8) is 0 Å². The van der Waals surface area contributed by atoms with Crippen LogP contribution in [0.15, 0.2) is 35.6 Å². The fourth-order valence-corrected chi connectivity index (χ4v) is 3.56. The summed E-state index contributed by atoms with van der Waals surface area (Å²) in [6.07, 6.45) is 4.07. The second-order valence-electron chi connectivity index (χ2n) is 7.91. The molecule has 1 aliphatic heterocycles. The number of aromatic amines is 1. The van der Waals surface area contributed by atoms with Crippen molar-refractivity contribution in [2.24, 2.45) is 4.99 Å². The van der Waals surface area contributed by atoms with E-state index >= 15 is 0 Å². The van der Waals surface area contributed by atoms with Crippen molar-refractivity contribution in [1.29, 1.82) is 0 Å². The van der Waals surface area contributed by atoms with Crippen molar-refractivity contribution < 1.29 is 4.74 Å². The van der Waals surface area contributed by atoms with Crippen molar-refractivity contribution in [1.82, 2.24) is 30.7 Å². The van der Waals surface area contributed by atoms with Gasteiger partial charge < -0.3 is 20.3 Å². The zero-order chi connectivity index (χ0) is 21.2. The van der Waals surface area contributed by atoms with E-state index in [1.165, 1.54) is 6.33 Å². The Morgan fingerprint density at radius 1 is 1.32 bits per heavy atom. The summed E-state index contributed by atoms with van der Waals surface area (Å²) in [5.41, 5.74) is 2.16. The van der Waals surface area contributed by atoms with Gasteiger partial charge in [-0.05, 0) is 45.2 Å². The molecule has 1 aromatic carbocycles. The van der Waals surface area contributed by atoms with Gasteiger partial charge in [-0.1, -0.05) is 18.2 Å². The largest absolute Gasteiger partial charge is 0.377 e. The van der Waals surface area contributed by atoms with Crippen LogP contribution in [0.2, 0.25) is 0 Å². The normalized spacial score (nSPS) is 15.7. The highest BCUT2D eigenvalue weighted by molar-refractivity contribution is 14.0. The summed E-state index contributed by atoms with van der Waals surface area (Å²) >= 11 is 0. The lowest BCUT2D eigenvalue weighted by molar-refractivity contribution is 0.0532. The molecule has 1 aromatic heterocycles. The number of H-pyrrole nitrogens is 1. The van der Waals surface area contributed by atoms with Crippen molar-refractivity contribution in [2.45, 2.75) is 52.3 Å². The van der Waals surface area contributed by atoms with Gasteiger partial charge in [0, 0.05) is 37.8 Å². The third-order valence-corrected chi connectivity index (χ3v) is 5.17. The molecule has 2 heterocycles. The fraction of sp³-hybridized carbons (Fsp3) is 0.591. The molecule has 1 fully saturated rings. The van der Waals surface area contributed by atoms with Gasteiger partial charge in [0.25, 0.3) is 0 Å². The smallest absolute Gasteiger partial charge is 0.191 e. The Hall–Kier alpha value is -1.72. The van der Waals surface area contributed by atoms with Crippen LogP contribution in [0.3, 0.4) is 0 Å². The van der Waals surface area contributed by atoms with Crippen LogP contribution in [0.25, 0.3) is 11.4 Å². The first-order valence-corrected chi connectivity index (χ1v) is 11.0. The number of nitrogens with one attached hydrogen (secondary N) is 3. The summed E-state index contributed by atoms with van der Waals surface area (Å²) in [5.74, 6) is 1.65. The second kappa shape index (κ2) is 13.6. The molecule has 31 heavy (non-hydrogen) atoms. The van der Waals surface area contributed by atoms with Crippen LogP contribution in [0, 0.1) is 0 Å². The van der Waals surface area contributed by atoms with Crippen molar-refractivity contribution >= 4 is 29.9 Å². The molecule has 0 saturated carbocycles. The Bertz CT molecular complexity index is 774. The predicted octanol–water partition coefficient (Wildman–Crippen LogP) is 3.03.